The molecule has 2 aromatic carbocycles. The fraction of sp³-hybridized carbons (Fsp3) is 0.364. The molecule has 0 radical (unpaired) electrons. The summed E-state index contributed by atoms with van der Waals surface area (Å²) in [6, 6.07) is 8.13. The number of ether oxygens (including phenoxy) is 1. The normalized spacial score (nSPS) is 15.1. The van der Waals surface area contributed by atoms with Gasteiger partial charge in [0, 0.05) is 13.1 Å². The SMILES string of the molecule is O=C(COC(=O)Cc1cccc(C(F)(F)F)c1)Nc1cc(S(=O)(=O)N2CCCCC2)ccc1Cl. The zero-order chi connectivity index (χ0) is 24.9. The van der Waals surface area contributed by atoms with Crippen LogP contribution in [0, 0.1) is 0 Å². The van der Waals surface area contributed by atoms with Crippen LogP contribution in [0.4, 0.5) is 18.9 Å². The Morgan fingerprint density at radius 2 is 1.76 bits per heavy atom. The lowest BCUT2D eigenvalue weighted by Gasteiger charge is -2.26. The molecule has 1 saturated heterocycles. The van der Waals surface area contributed by atoms with E-state index < -0.39 is 46.7 Å². The smallest absolute Gasteiger partial charge is 0.416 e. The van der Waals surface area contributed by atoms with Gasteiger partial charge in [-0.2, -0.15) is 17.5 Å². The number of anilines is 1. The fourth-order valence-corrected chi connectivity index (χ4v) is 5.13. The van der Waals surface area contributed by atoms with E-state index in [4.69, 9.17) is 16.3 Å². The molecular weight excluding hydrogens is 497 g/mol. The number of sulfonamides is 1. The average molecular weight is 519 g/mol. The quantitative estimate of drug-likeness (QED) is 0.553. The summed E-state index contributed by atoms with van der Waals surface area (Å²) in [6.45, 7) is 0.0974. The Kier molecular flexibility index (Phi) is 8.21. The number of benzene rings is 2. The molecule has 3 rings (SSSR count). The minimum absolute atomic E-state index is 0.0266. The van der Waals surface area contributed by atoms with Crippen LogP contribution in [0.1, 0.15) is 30.4 Å². The van der Waals surface area contributed by atoms with Gasteiger partial charge in [-0.25, -0.2) is 8.42 Å². The van der Waals surface area contributed by atoms with Crippen LogP contribution >= 0.6 is 11.6 Å². The third-order valence-electron chi connectivity index (χ3n) is 5.13. The van der Waals surface area contributed by atoms with Gasteiger partial charge in [0.2, 0.25) is 10.0 Å². The number of alkyl halides is 3. The van der Waals surface area contributed by atoms with Crippen molar-refractivity contribution in [1.29, 1.82) is 0 Å². The Bertz CT molecular complexity index is 1170. The second-order valence-corrected chi connectivity index (χ2v) is 10.0. The second kappa shape index (κ2) is 10.7. The molecule has 1 N–H and O–H groups in total. The largest absolute Gasteiger partial charge is 0.455 e. The van der Waals surface area contributed by atoms with Crippen molar-refractivity contribution < 1.29 is 35.9 Å². The van der Waals surface area contributed by atoms with E-state index in [2.05, 4.69) is 5.32 Å². The molecule has 0 aliphatic carbocycles. The van der Waals surface area contributed by atoms with Gasteiger partial charge in [-0.05, 0) is 42.7 Å². The maximum absolute atomic E-state index is 12.8. The number of nitrogens with zero attached hydrogens (tertiary/aromatic N) is 1. The Hall–Kier alpha value is -2.63. The highest BCUT2D eigenvalue weighted by Crippen LogP contribution is 2.30. The van der Waals surface area contributed by atoms with Gasteiger partial charge in [-0.1, -0.05) is 36.2 Å². The van der Waals surface area contributed by atoms with Crippen LogP contribution in [-0.2, 0) is 36.9 Å². The number of carbonyl (C=O) groups is 2. The molecule has 1 heterocycles. The van der Waals surface area contributed by atoms with Gasteiger partial charge in [0.05, 0.1) is 27.6 Å². The second-order valence-electron chi connectivity index (χ2n) is 7.69. The summed E-state index contributed by atoms with van der Waals surface area (Å²) in [4.78, 5) is 24.1. The van der Waals surface area contributed by atoms with E-state index in [0.29, 0.717) is 13.1 Å². The first-order chi connectivity index (χ1) is 16.0. The number of hydrogen-bond acceptors (Lipinski definition) is 5. The van der Waals surface area contributed by atoms with Crippen molar-refractivity contribution in [2.45, 2.75) is 36.8 Å². The molecule has 1 amide bonds. The molecule has 0 unspecified atom stereocenters. The maximum atomic E-state index is 12.8. The zero-order valence-corrected chi connectivity index (χ0v) is 19.5. The number of esters is 1. The molecule has 1 aliphatic heterocycles. The highest BCUT2D eigenvalue weighted by Gasteiger charge is 2.30. The van der Waals surface area contributed by atoms with Crippen LogP contribution in [0.3, 0.4) is 0 Å². The summed E-state index contributed by atoms with van der Waals surface area (Å²) in [5.74, 6) is -1.69. The Labute approximate surface area is 199 Å². The molecule has 0 bridgehead atoms. The summed E-state index contributed by atoms with van der Waals surface area (Å²) in [5.41, 5.74) is -0.790. The van der Waals surface area contributed by atoms with Crippen molar-refractivity contribution in [3.8, 4) is 0 Å². The first-order valence-electron chi connectivity index (χ1n) is 10.4. The average Bonchev–Trinajstić information content (AvgIpc) is 2.79. The van der Waals surface area contributed by atoms with E-state index in [-0.39, 0.29) is 21.2 Å². The van der Waals surface area contributed by atoms with Gasteiger partial charge < -0.3 is 10.1 Å². The zero-order valence-electron chi connectivity index (χ0n) is 17.9. The van der Waals surface area contributed by atoms with Crippen molar-refractivity contribution in [1.82, 2.24) is 4.31 Å². The van der Waals surface area contributed by atoms with E-state index in [1.54, 1.807) is 0 Å². The number of nitrogens with one attached hydrogen (secondary N) is 1. The fourth-order valence-electron chi connectivity index (χ4n) is 3.42. The molecule has 2 aromatic rings. The van der Waals surface area contributed by atoms with Crippen LogP contribution in [0.5, 0.6) is 0 Å². The van der Waals surface area contributed by atoms with Crippen molar-refractivity contribution in [2.24, 2.45) is 0 Å². The number of carbonyl (C=O) groups excluding carboxylic acids is 2. The summed E-state index contributed by atoms with van der Waals surface area (Å²) in [7, 11) is -3.75. The summed E-state index contributed by atoms with van der Waals surface area (Å²) in [6.07, 6.45) is -2.51. The Morgan fingerprint density at radius 1 is 1.06 bits per heavy atom. The van der Waals surface area contributed by atoms with Crippen molar-refractivity contribution >= 4 is 39.2 Å². The van der Waals surface area contributed by atoms with Gasteiger partial charge in [0.15, 0.2) is 6.61 Å². The van der Waals surface area contributed by atoms with E-state index in [0.717, 1.165) is 31.4 Å². The summed E-state index contributed by atoms with van der Waals surface area (Å²) >= 11 is 6.08. The predicted octanol–water partition coefficient (Wildman–Crippen LogP) is 4.26. The molecule has 184 valence electrons. The standard InChI is InChI=1S/C22H22ClF3N2O5S/c23-18-8-7-17(34(31,32)28-9-2-1-3-10-28)13-19(18)27-20(29)14-33-21(30)12-15-5-4-6-16(11-15)22(24,25)26/h4-8,11,13H,1-3,9-10,12,14H2,(H,27,29). The van der Waals surface area contributed by atoms with E-state index in [1.165, 1.54) is 34.6 Å². The molecule has 1 aliphatic rings. The highest BCUT2D eigenvalue weighted by molar-refractivity contribution is 7.89. The minimum Gasteiger partial charge on any atom is -0.455 e. The molecule has 0 aromatic heterocycles. The number of rotatable bonds is 7. The van der Waals surface area contributed by atoms with Crippen molar-refractivity contribution in [3.05, 3.63) is 58.6 Å². The van der Waals surface area contributed by atoms with E-state index >= 15 is 0 Å². The minimum atomic E-state index is -4.55. The van der Waals surface area contributed by atoms with Crippen molar-refractivity contribution in [3.63, 3.8) is 0 Å². The Morgan fingerprint density at radius 3 is 2.44 bits per heavy atom. The van der Waals surface area contributed by atoms with Crippen molar-refractivity contribution in [2.75, 3.05) is 25.0 Å². The number of amides is 1. The molecule has 34 heavy (non-hydrogen) atoms. The predicted molar refractivity (Wildman–Crippen MR) is 119 cm³/mol. The van der Waals surface area contributed by atoms with Crippen LogP contribution < -0.4 is 5.32 Å². The molecule has 0 atom stereocenters. The summed E-state index contributed by atoms with van der Waals surface area (Å²) in [5, 5.41) is 2.48. The topological polar surface area (TPSA) is 92.8 Å². The first kappa shape index (κ1) is 26.0. The van der Waals surface area contributed by atoms with Crippen LogP contribution in [0.25, 0.3) is 0 Å². The molecule has 7 nitrogen and oxygen atoms in total. The molecule has 0 spiro atoms. The van der Waals surface area contributed by atoms with E-state index in [1.807, 2.05) is 0 Å². The number of halogens is 4. The van der Waals surface area contributed by atoms with Gasteiger partial charge in [-0.15, -0.1) is 0 Å². The number of hydrogen-bond donors (Lipinski definition) is 1. The molecule has 12 heteroatoms. The third kappa shape index (κ3) is 6.71. The molecular formula is C22H22ClF3N2O5S. The third-order valence-corrected chi connectivity index (χ3v) is 7.36. The van der Waals surface area contributed by atoms with Crippen LogP contribution in [0.2, 0.25) is 5.02 Å². The van der Waals surface area contributed by atoms with Gasteiger partial charge in [-0.3, -0.25) is 9.59 Å². The van der Waals surface area contributed by atoms with Gasteiger partial charge in [0.25, 0.3) is 5.91 Å². The Balaban J connectivity index is 1.59. The first-order valence-corrected chi connectivity index (χ1v) is 12.2. The lowest BCUT2D eigenvalue weighted by atomic mass is 10.1. The molecule has 1 fully saturated rings. The van der Waals surface area contributed by atoms with E-state index in [9.17, 15) is 31.2 Å². The summed E-state index contributed by atoms with van der Waals surface area (Å²) < 4.78 is 70.3. The van der Waals surface area contributed by atoms with Gasteiger partial charge >= 0.3 is 12.1 Å². The van der Waals surface area contributed by atoms with Crippen LogP contribution in [0.15, 0.2) is 47.4 Å². The lowest BCUT2D eigenvalue weighted by molar-refractivity contribution is -0.146. The lowest BCUT2D eigenvalue weighted by Crippen LogP contribution is -2.35. The molecule has 0 saturated carbocycles. The highest BCUT2D eigenvalue weighted by atomic mass is 35.5. The monoisotopic (exact) mass is 518 g/mol. The van der Waals surface area contributed by atoms with Crippen LogP contribution in [-0.4, -0.2) is 44.3 Å². The van der Waals surface area contributed by atoms with Gasteiger partial charge in [0.1, 0.15) is 0 Å². The number of piperidine rings is 1. The maximum Gasteiger partial charge on any atom is 0.416 e.